The highest BCUT2D eigenvalue weighted by molar-refractivity contribution is 5.63. The number of rotatable bonds is 4. The van der Waals surface area contributed by atoms with Crippen LogP contribution in [0.15, 0.2) is 18.2 Å². The van der Waals surface area contributed by atoms with Gasteiger partial charge in [-0.3, -0.25) is 10.1 Å². The van der Waals surface area contributed by atoms with Gasteiger partial charge in [-0.15, -0.1) is 0 Å². The maximum absolute atomic E-state index is 13.6. The van der Waals surface area contributed by atoms with E-state index in [0.717, 1.165) is 25.5 Å². The van der Waals surface area contributed by atoms with Crippen molar-refractivity contribution in [1.82, 2.24) is 0 Å². The molecule has 1 aromatic rings. The van der Waals surface area contributed by atoms with Crippen LogP contribution in [0.25, 0.3) is 0 Å². The van der Waals surface area contributed by atoms with Crippen LogP contribution >= 0.6 is 0 Å². The van der Waals surface area contributed by atoms with E-state index >= 15 is 0 Å². The lowest BCUT2D eigenvalue weighted by molar-refractivity contribution is -0.386. The van der Waals surface area contributed by atoms with E-state index < -0.39 is 16.4 Å². The molecule has 0 N–H and O–H groups in total. The SMILES string of the molecule is CN(CC1CCCCC1)c1cccc(F)c1[N+](=O)[O-]. The number of hydrogen-bond acceptors (Lipinski definition) is 3. The minimum absolute atomic E-state index is 0.371. The van der Waals surface area contributed by atoms with Crippen molar-refractivity contribution in [2.24, 2.45) is 5.92 Å². The standard InChI is InChI=1S/C14H19FN2O2/c1-16(10-11-6-3-2-4-7-11)13-9-5-8-12(15)14(13)17(18)19/h5,8-9,11H,2-4,6-7,10H2,1H3. The van der Waals surface area contributed by atoms with Crippen LogP contribution in [0.5, 0.6) is 0 Å². The van der Waals surface area contributed by atoms with E-state index in [1.165, 1.54) is 25.3 Å². The third-order valence-corrected chi connectivity index (χ3v) is 3.82. The Balaban J connectivity index is 2.16. The fourth-order valence-electron chi connectivity index (χ4n) is 2.85. The van der Waals surface area contributed by atoms with E-state index in [1.807, 2.05) is 4.90 Å². The zero-order valence-electron chi connectivity index (χ0n) is 11.1. The van der Waals surface area contributed by atoms with Crippen molar-refractivity contribution in [1.29, 1.82) is 0 Å². The van der Waals surface area contributed by atoms with Crippen molar-refractivity contribution in [2.45, 2.75) is 32.1 Å². The molecule has 4 nitrogen and oxygen atoms in total. The highest BCUT2D eigenvalue weighted by atomic mass is 19.1. The van der Waals surface area contributed by atoms with Crippen LogP contribution in [0.4, 0.5) is 15.8 Å². The number of halogens is 1. The normalized spacial score (nSPS) is 16.3. The fraction of sp³-hybridized carbons (Fsp3) is 0.571. The molecular weight excluding hydrogens is 247 g/mol. The molecule has 5 heteroatoms. The molecule has 0 spiro atoms. The van der Waals surface area contributed by atoms with Crippen LogP contribution < -0.4 is 4.90 Å². The van der Waals surface area contributed by atoms with E-state index in [-0.39, 0.29) is 0 Å². The number of nitro benzene ring substituents is 1. The summed E-state index contributed by atoms with van der Waals surface area (Å²) in [4.78, 5) is 12.2. The second-order valence-electron chi connectivity index (χ2n) is 5.25. The smallest absolute Gasteiger partial charge is 0.327 e. The average Bonchev–Trinajstić information content (AvgIpc) is 2.39. The van der Waals surface area contributed by atoms with Crippen LogP contribution in [-0.2, 0) is 0 Å². The van der Waals surface area contributed by atoms with Crippen LogP contribution in [0.1, 0.15) is 32.1 Å². The molecule has 1 aliphatic carbocycles. The summed E-state index contributed by atoms with van der Waals surface area (Å²) in [6.45, 7) is 0.754. The van der Waals surface area contributed by atoms with E-state index in [9.17, 15) is 14.5 Å². The van der Waals surface area contributed by atoms with Gasteiger partial charge in [0.25, 0.3) is 0 Å². The quantitative estimate of drug-likeness (QED) is 0.616. The number of hydrogen-bond donors (Lipinski definition) is 0. The van der Waals surface area contributed by atoms with Crippen molar-refractivity contribution in [2.75, 3.05) is 18.5 Å². The van der Waals surface area contributed by atoms with Crippen LogP contribution in [-0.4, -0.2) is 18.5 Å². The van der Waals surface area contributed by atoms with Crippen LogP contribution in [0.3, 0.4) is 0 Å². The van der Waals surface area contributed by atoms with Gasteiger partial charge in [0.15, 0.2) is 0 Å². The maximum Gasteiger partial charge on any atom is 0.327 e. The molecule has 1 saturated carbocycles. The Morgan fingerprint density at radius 3 is 2.68 bits per heavy atom. The Hall–Kier alpha value is -1.65. The molecule has 0 saturated heterocycles. The van der Waals surface area contributed by atoms with Gasteiger partial charge in [0.2, 0.25) is 5.82 Å². The fourth-order valence-corrected chi connectivity index (χ4v) is 2.85. The van der Waals surface area contributed by atoms with Gasteiger partial charge in [-0.1, -0.05) is 25.3 Å². The molecule has 0 unspecified atom stereocenters. The van der Waals surface area contributed by atoms with Crippen molar-refractivity contribution < 1.29 is 9.31 Å². The van der Waals surface area contributed by atoms with Gasteiger partial charge in [-0.25, -0.2) is 0 Å². The first kappa shape index (κ1) is 13.8. The molecule has 19 heavy (non-hydrogen) atoms. The van der Waals surface area contributed by atoms with E-state index in [4.69, 9.17) is 0 Å². The molecule has 0 amide bonds. The summed E-state index contributed by atoms with van der Waals surface area (Å²) in [6, 6.07) is 4.27. The Morgan fingerprint density at radius 2 is 2.05 bits per heavy atom. The summed E-state index contributed by atoms with van der Waals surface area (Å²) in [5, 5.41) is 11.0. The molecule has 0 bridgehead atoms. The second-order valence-corrected chi connectivity index (χ2v) is 5.25. The largest absolute Gasteiger partial charge is 0.369 e. The maximum atomic E-state index is 13.6. The lowest BCUT2D eigenvalue weighted by Gasteiger charge is -2.28. The summed E-state index contributed by atoms with van der Waals surface area (Å²) in [6.07, 6.45) is 6.05. The predicted octanol–water partition coefficient (Wildman–Crippen LogP) is 3.75. The summed E-state index contributed by atoms with van der Waals surface area (Å²) < 4.78 is 13.6. The molecule has 0 radical (unpaired) electrons. The van der Waals surface area contributed by atoms with Gasteiger partial charge in [-0.05, 0) is 30.9 Å². The van der Waals surface area contributed by atoms with E-state index in [2.05, 4.69) is 0 Å². The predicted molar refractivity (Wildman–Crippen MR) is 72.9 cm³/mol. The van der Waals surface area contributed by atoms with Gasteiger partial charge in [0.05, 0.1) is 4.92 Å². The van der Waals surface area contributed by atoms with Crippen molar-refractivity contribution in [3.05, 3.63) is 34.1 Å². The van der Waals surface area contributed by atoms with Gasteiger partial charge in [0.1, 0.15) is 5.69 Å². The number of benzene rings is 1. The Labute approximate surface area is 112 Å². The Bertz CT molecular complexity index is 459. The van der Waals surface area contributed by atoms with E-state index in [0.29, 0.717) is 11.6 Å². The zero-order valence-corrected chi connectivity index (χ0v) is 11.1. The molecule has 1 fully saturated rings. The molecule has 1 aromatic carbocycles. The molecule has 0 aliphatic heterocycles. The third-order valence-electron chi connectivity index (χ3n) is 3.82. The molecule has 0 atom stereocenters. The average molecular weight is 266 g/mol. The van der Waals surface area contributed by atoms with Gasteiger partial charge in [0, 0.05) is 13.6 Å². The number of para-hydroxylation sites is 1. The highest BCUT2D eigenvalue weighted by Crippen LogP contribution is 2.32. The second kappa shape index (κ2) is 5.99. The summed E-state index contributed by atoms with van der Waals surface area (Å²) in [7, 11) is 1.80. The topological polar surface area (TPSA) is 46.4 Å². The van der Waals surface area contributed by atoms with E-state index in [1.54, 1.807) is 13.1 Å². The minimum atomic E-state index is -0.766. The first-order valence-electron chi connectivity index (χ1n) is 6.73. The van der Waals surface area contributed by atoms with Crippen molar-refractivity contribution in [3.63, 3.8) is 0 Å². The summed E-state index contributed by atoms with van der Waals surface area (Å²) in [5.74, 6) is -0.209. The summed E-state index contributed by atoms with van der Waals surface area (Å²) in [5.41, 5.74) is -0.0450. The number of nitro groups is 1. The Morgan fingerprint density at radius 1 is 1.37 bits per heavy atom. The summed E-state index contributed by atoms with van der Waals surface area (Å²) >= 11 is 0. The minimum Gasteiger partial charge on any atom is -0.369 e. The molecule has 0 heterocycles. The number of nitrogens with zero attached hydrogens (tertiary/aromatic N) is 2. The van der Waals surface area contributed by atoms with Gasteiger partial charge in [-0.2, -0.15) is 4.39 Å². The Kier molecular flexibility index (Phi) is 4.35. The van der Waals surface area contributed by atoms with Gasteiger partial charge < -0.3 is 4.90 Å². The monoisotopic (exact) mass is 266 g/mol. The molecule has 1 aliphatic rings. The van der Waals surface area contributed by atoms with Crippen LogP contribution in [0, 0.1) is 21.8 Å². The van der Waals surface area contributed by atoms with Crippen LogP contribution in [0.2, 0.25) is 0 Å². The van der Waals surface area contributed by atoms with Crippen molar-refractivity contribution >= 4 is 11.4 Å². The molecule has 104 valence electrons. The number of anilines is 1. The molecular formula is C14H19FN2O2. The first-order chi connectivity index (χ1) is 9.09. The zero-order chi connectivity index (χ0) is 13.8. The first-order valence-corrected chi connectivity index (χ1v) is 6.73. The van der Waals surface area contributed by atoms with Crippen molar-refractivity contribution in [3.8, 4) is 0 Å². The third kappa shape index (κ3) is 3.22. The lowest BCUT2D eigenvalue weighted by atomic mass is 9.89. The lowest BCUT2D eigenvalue weighted by Crippen LogP contribution is -2.27. The van der Waals surface area contributed by atoms with Gasteiger partial charge >= 0.3 is 5.69 Å². The molecule has 0 aromatic heterocycles. The molecule has 2 rings (SSSR count). The highest BCUT2D eigenvalue weighted by Gasteiger charge is 2.24.